The maximum Gasteiger partial charge on any atom is 0.267 e. The SMILES string of the molecule is O=C1CN2C(=O)c3ccccc3C2=N1. The Morgan fingerprint density at radius 1 is 1.14 bits per heavy atom. The number of amidine groups is 1. The van der Waals surface area contributed by atoms with Crippen molar-refractivity contribution in [3.05, 3.63) is 35.4 Å². The Bertz CT molecular complexity index is 491. The van der Waals surface area contributed by atoms with E-state index in [0.29, 0.717) is 11.4 Å². The lowest BCUT2D eigenvalue weighted by atomic mass is 10.1. The summed E-state index contributed by atoms with van der Waals surface area (Å²) in [4.78, 5) is 28.0. The summed E-state index contributed by atoms with van der Waals surface area (Å²) in [6.07, 6.45) is 0. The van der Waals surface area contributed by atoms with Crippen molar-refractivity contribution in [3.63, 3.8) is 0 Å². The van der Waals surface area contributed by atoms with E-state index >= 15 is 0 Å². The molecule has 4 nitrogen and oxygen atoms in total. The second-order valence-corrected chi connectivity index (χ2v) is 3.27. The number of rotatable bonds is 0. The summed E-state index contributed by atoms with van der Waals surface area (Å²) in [5.41, 5.74) is 1.40. The van der Waals surface area contributed by atoms with Crippen molar-refractivity contribution in [2.75, 3.05) is 6.54 Å². The molecule has 0 fully saturated rings. The monoisotopic (exact) mass is 186 g/mol. The van der Waals surface area contributed by atoms with E-state index in [1.165, 1.54) is 4.90 Å². The van der Waals surface area contributed by atoms with Crippen molar-refractivity contribution in [3.8, 4) is 0 Å². The van der Waals surface area contributed by atoms with Crippen molar-refractivity contribution in [2.45, 2.75) is 0 Å². The van der Waals surface area contributed by atoms with Gasteiger partial charge in [-0.1, -0.05) is 18.2 Å². The fraction of sp³-hybridized carbons (Fsp3) is 0.100. The summed E-state index contributed by atoms with van der Waals surface area (Å²) in [6.45, 7) is 0.0862. The smallest absolute Gasteiger partial charge is 0.267 e. The minimum absolute atomic E-state index is 0.0862. The van der Waals surface area contributed by atoms with Crippen LogP contribution in [-0.2, 0) is 4.79 Å². The van der Waals surface area contributed by atoms with Crippen LogP contribution in [0, 0.1) is 0 Å². The summed E-state index contributed by atoms with van der Waals surface area (Å²) in [5, 5.41) is 0. The predicted molar refractivity (Wildman–Crippen MR) is 49.0 cm³/mol. The van der Waals surface area contributed by atoms with Crippen LogP contribution in [0.15, 0.2) is 29.3 Å². The Morgan fingerprint density at radius 3 is 2.64 bits per heavy atom. The van der Waals surface area contributed by atoms with Gasteiger partial charge in [-0.15, -0.1) is 0 Å². The molecule has 2 aliphatic heterocycles. The predicted octanol–water partition coefficient (Wildman–Crippen LogP) is 0.429. The first kappa shape index (κ1) is 7.44. The molecule has 0 aliphatic carbocycles. The number of carbonyl (C=O) groups excluding carboxylic acids is 2. The van der Waals surface area contributed by atoms with Gasteiger partial charge >= 0.3 is 0 Å². The Hall–Kier alpha value is -1.97. The van der Waals surface area contributed by atoms with E-state index < -0.39 is 0 Å². The van der Waals surface area contributed by atoms with Crippen molar-refractivity contribution in [2.24, 2.45) is 4.99 Å². The van der Waals surface area contributed by atoms with Gasteiger partial charge < -0.3 is 0 Å². The van der Waals surface area contributed by atoms with Crippen LogP contribution in [0.3, 0.4) is 0 Å². The highest BCUT2D eigenvalue weighted by molar-refractivity contribution is 6.28. The molecular weight excluding hydrogens is 180 g/mol. The maximum absolute atomic E-state index is 11.7. The summed E-state index contributed by atoms with van der Waals surface area (Å²) >= 11 is 0. The molecule has 0 radical (unpaired) electrons. The summed E-state index contributed by atoms with van der Waals surface area (Å²) in [6, 6.07) is 7.20. The highest BCUT2D eigenvalue weighted by Crippen LogP contribution is 2.25. The molecule has 3 rings (SSSR count). The molecule has 0 atom stereocenters. The molecule has 14 heavy (non-hydrogen) atoms. The zero-order valence-corrected chi connectivity index (χ0v) is 7.23. The number of benzene rings is 1. The first-order chi connectivity index (χ1) is 6.77. The van der Waals surface area contributed by atoms with Gasteiger partial charge in [0.25, 0.3) is 11.8 Å². The van der Waals surface area contributed by atoms with E-state index in [9.17, 15) is 9.59 Å². The molecule has 68 valence electrons. The Morgan fingerprint density at radius 2 is 1.86 bits per heavy atom. The minimum atomic E-state index is -0.247. The normalized spacial score (nSPS) is 18.3. The van der Waals surface area contributed by atoms with Crippen LogP contribution in [0.4, 0.5) is 0 Å². The first-order valence-corrected chi connectivity index (χ1v) is 4.30. The molecular formula is C10H6N2O2. The van der Waals surface area contributed by atoms with Crippen molar-refractivity contribution in [1.82, 2.24) is 4.90 Å². The second kappa shape index (κ2) is 2.29. The third-order valence-electron chi connectivity index (χ3n) is 2.42. The van der Waals surface area contributed by atoms with Crippen LogP contribution in [0.2, 0.25) is 0 Å². The lowest BCUT2D eigenvalue weighted by molar-refractivity contribution is -0.116. The molecule has 0 N–H and O–H groups in total. The van der Waals surface area contributed by atoms with E-state index in [1.54, 1.807) is 12.1 Å². The zero-order valence-electron chi connectivity index (χ0n) is 7.23. The molecule has 0 spiro atoms. The number of carbonyl (C=O) groups is 2. The number of fused-ring (bicyclic) bond motifs is 3. The molecule has 0 aromatic heterocycles. The summed E-state index contributed by atoms with van der Waals surface area (Å²) < 4.78 is 0. The molecule has 0 bridgehead atoms. The Labute approximate surface area is 79.9 Å². The lowest BCUT2D eigenvalue weighted by Gasteiger charge is -2.05. The quantitative estimate of drug-likeness (QED) is 0.590. The van der Waals surface area contributed by atoms with Crippen molar-refractivity contribution >= 4 is 17.6 Å². The fourth-order valence-electron chi connectivity index (χ4n) is 1.81. The van der Waals surface area contributed by atoms with Gasteiger partial charge in [0.15, 0.2) is 0 Å². The molecule has 1 aromatic carbocycles. The van der Waals surface area contributed by atoms with E-state index in [1.807, 2.05) is 12.1 Å². The van der Waals surface area contributed by atoms with Crippen molar-refractivity contribution in [1.29, 1.82) is 0 Å². The van der Waals surface area contributed by atoms with Crippen LogP contribution in [-0.4, -0.2) is 29.1 Å². The van der Waals surface area contributed by atoms with Crippen LogP contribution >= 0.6 is 0 Å². The van der Waals surface area contributed by atoms with Crippen LogP contribution < -0.4 is 0 Å². The lowest BCUT2D eigenvalue weighted by Crippen LogP contribution is -2.28. The first-order valence-electron chi connectivity index (χ1n) is 4.30. The van der Waals surface area contributed by atoms with Gasteiger partial charge in [-0.3, -0.25) is 14.5 Å². The molecule has 1 aromatic rings. The molecule has 2 heterocycles. The average molecular weight is 186 g/mol. The van der Waals surface area contributed by atoms with Gasteiger partial charge in [-0.2, -0.15) is 4.99 Å². The third kappa shape index (κ3) is 0.750. The molecule has 2 aliphatic rings. The van der Waals surface area contributed by atoms with Crippen LogP contribution in [0.1, 0.15) is 15.9 Å². The highest BCUT2D eigenvalue weighted by Gasteiger charge is 2.38. The summed E-state index contributed by atoms with van der Waals surface area (Å²) in [5.74, 6) is 0.142. The van der Waals surface area contributed by atoms with E-state index in [2.05, 4.69) is 4.99 Å². The van der Waals surface area contributed by atoms with E-state index in [4.69, 9.17) is 0 Å². The highest BCUT2D eigenvalue weighted by atomic mass is 16.2. The molecule has 4 heteroatoms. The zero-order chi connectivity index (χ0) is 9.71. The van der Waals surface area contributed by atoms with Crippen molar-refractivity contribution < 1.29 is 9.59 Å². The molecule has 0 saturated heterocycles. The van der Waals surface area contributed by atoms with Crippen LogP contribution in [0.25, 0.3) is 0 Å². The van der Waals surface area contributed by atoms with Crippen LogP contribution in [0.5, 0.6) is 0 Å². The maximum atomic E-state index is 11.7. The number of nitrogens with zero attached hydrogens (tertiary/aromatic N) is 2. The molecule has 0 unspecified atom stereocenters. The fourth-order valence-corrected chi connectivity index (χ4v) is 1.81. The molecule has 2 amide bonds. The standard InChI is InChI=1S/C10H6N2O2/c13-8-5-12-9(11-8)6-3-1-2-4-7(6)10(12)14/h1-4H,5H2. The third-order valence-corrected chi connectivity index (χ3v) is 2.42. The van der Waals surface area contributed by atoms with Gasteiger partial charge in [0.2, 0.25) is 0 Å². The Kier molecular flexibility index (Phi) is 1.21. The van der Waals surface area contributed by atoms with Gasteiger partial charge in [-0.05, 0) is 6.07 Å². The second-order valence-electron chi connectivity index (χ2n) is 3.27. The van der Waals surface area contributed by atoms with Gasteiger partial charge in [-0.25, -0.2) is 0 Å². The van der Waals surface area contributed by atoms with Gasteiger partial charge in [0.1, 0.15) is 12.4 Å². The average Bonchev–Trinajstić information content (AvgIpc) is 2.68. The minimum Gasteiger partial charge on any atom is -0.282 e. The van der Waals surface area contributed by atoms with E-state index in [0.717, 1.165) is 5.56 Å². The number of hydrogen-bond acceptors (Lipinski definition) is 2. The summed E-state index contributed by atoms with van der Waals surface area (Å²) in [7, 11) is 0. The Balaban J connectivity index is 2.28. The topological polar surface area (TPSA) is 49.7 Å². The van der Waals surface area contributed by atoms with Gasteiger partial charge in [0.05, 0.1) is 5.56 Å². The molecule has 0 saturated carbocycles. The number of aliphatic imine (C=N–C) groups is 1. The largest absolute Gasteiger partial charge is 0.282 e. The van der Waals surface area contributed by atoms with E-state index in [-0.39, 0.29) is 18.4 Å². The number of amides is 2. The van der Waals surface area contributed by atoms with Gasteiger partial charge in [0, 0.05) is 5.56 Å². The number of hydrogen-bond donors (Lipinski definition) is 0.